The lowest BCUT2D eigenvalue weighted by Crippen LogP contribution is -2.29. The predicted octanol–water partition coefficient (Wildman–Crippen LogP) is 2.41. The number of benzene rings is 2. The largest absolute Gasteiger partial charge is 0.455 e. The van der Waals surface area contributed by atoms with Crippen LogP contribution in [0.1, 0.15) is 17.5 Å². The lowest BCUT2D eigenvalue weighted by atomic mass is 10.1. The fourth-order valence-electron chi connectivity index (χ4n) is 2.50. The van der Waals surface area contributed by atoms with Gasteiger partial charge in [0.05, 0.1) is 18.7 Å². The summed E-state index contributed by atoms with van der Waals surface area (Å²) >= 11 is 0. The number of hydrogen-bond donors (Lipinski definition) is 0. The van der Waals surface area contributed by atoms with E-state index in [-0.39, 0.29) is 18.9 Å². The molecule has 122 valence electrons. The van der Waals surface area contributed by atoms with Crippen molar-refractivity contribution in [2.24, 2.45) is 5.10 Å². The van der Waals surface area contributed by atoms with Crippen LogP contribution in [0, 0.1) is 0 Å². The van der Waals surface area contributed by atoms with Gasteiger partial charge in [0.2, 0.25) is 0 Å². The molecule has 0 N–H and O–H groups in total. The molecule has 0 aromatic heterocycles. The maximum Gasteiger partial charge on any atom is 0.310 e. The summed E-state index contributed by atoms with van der Waals surface area (Å²) in [5.41, 5.74) is 2.74. The fraction of sp³-hybridized carbons (Fsp3) is 0.211. The van der Waals surface area contributed by atoms with E-state index in [1.807, 2.05) is 60.7 Å². The van der Waals surface area contributed by atoms with Gasteiger partial charge in [-0.2, -0.15) is 5.10 Å². The highest BCUT2D eigenvalue weighted by molar-refractivity contribution is 6.02. The molecule has 5 nitrogen and oxygen atoms in total. The van der Waals surface area contributed by atoms with Crippen LogP contribution in [0.3, 0.4) is 0 Å². The van der Waals surface area contributed by atoms with Crippen molar-refractivity contribution in [2.75, 3.05) is 13.2 Å². The van der Waals surface area contributed by atoms with Gasteiger partial charge < -0.3 is 4.74 Å². The number of hydrogen-bond acceptors (Lipinski definition) is 4. The average Bonchev–Trinajstić information content (AvgIpc) is 3.11. The van der Waals surface area contributed by atoms with Crippen molar-refractivity contribution < 1.29 is 14.3 Å². The second kappa shape index (κ2) is 7.55. The third-order valence-corrected chi connectivity index (χ3v) is 3.74. The molecule has 1 aliphatic heterocycles. The monoisotopic (exact) mass is 322 g/mol. The van der Waals surface area contributed by atoms with E-state index in [9.17, 15) is 9.59 Å². The van der Waals surface area contributed by atoms with E-state index in [1.54, 1.807) is 0 Å². The number of rotatable bonds is 5. The van der Waals surface area contributed by atoms with Crippen LogP contribution in [-0.4, -0.2) is 35.7 Å². The summed E-state index contributed by atoms with van der Waals surface area (Å²) in [7, 11) is 0. The molecule has 1 amide bonds. The molecular formula is C19H18N2O3. The number of hydrazone groups is 1. The maximum absolute atomic E-state index is 12.1. The van der Waals surface area contributed by atoms with Crippen molar-refractivity contribution in [3.63, 3.8) is 0 Å². The van der Waals surface area contributed by atoms with Gasteiger partial charge in [-0.1, -0.05) is 60.7 Å². The lowest BCUT2D eigenvalue weighted by Gasteiger charge is -2.11. The second-order valence-electron chi connectivity index (χ2n) is 5.50. The zero-order valence-electron chi connectivity index (χ0n) is 13.2. The van der Waals surface area contributed by atoms with Gasteiger partial charge in [-0.3, -0.25) is 9.59 Å². The predicted molar refractivity (Wildman–Crippen MR) is 90.4 cm³/mol. The van der Waals surface area contributed by atoms with Crippen LogP contribution in [0.5, 0.6) is 0 Å². The first-order chi connectivity index (χ1) is 11.7. The molecule has 5 heteroatoms. The molecule has 0 spiro atoms. The Labute approximate surface area is 140 Å². The topological polar surface area (TPSA) is 59.0 Å². The van der Waals surface area contributed by atoms with Gasteiger partial charge >= 0.3 is 5.97 Å². The maximum atomic E-state index is 12.1. The van der Waals surface area contributed by atoms with Gasteiger partial charge in [-0.25, -0.2) is 5.01 Å². The summed E-state index contributed by atoms with van der Waals surface area (Å²) in [4.78, 5) is 23.9. The Hall–Kier alpha value is -2.95. The average molecular weight is 322 g/mol. The van der Waals surface area contributed by atoms with Gasteiger partial charge in [-0.05, 0) is 11.1 Å². The third-order valence-electron chi connectivity index (χ3n) is 3.74. The Morgan fingerprint density at radius 1 is 1.00 bits per heavy atom. The summed E-state index contributed by atoms with van der Waals surface area (Å²) < 4.78 is 5.06. The van der Waals surface area contributed by atoms with E-state index in [1.165, 1.54) is 5.01 Å². The third kappa shape index (κ3) is 4.07. The molecule has 1 aliphatic rings. The van der Waals surface area contributed by atoms with Crippen molar-refractivity contribution in [1.29, 1.82) is 0 Å². The molecule has 2 aromatic rings. The highest BCUT2D eigenvalue weighted by Gasteiger charge is 2.22. The zero-order valence-corrected chi connectivity index (χ0v) is 13.2. The molecule has 0 atom stereocenters. The standard InChI is InChI=1S/C19H18N2O3/c22-18(14-24-19(23)13-15-7-3-1-4-8-15)21-12-11-17(20-21)16-9-5-2-6-10-16/h1-10H,11-14H2. The Morgan fingerprint density at radius 2 is 1.67 bits per heavy atom. The molecule has 3 rings (SSSR count). The molecule has 0 radical (unpaired) electrons. The SMILES string of the molecule is O=C(Cc1ccccc1)OCC(=O)N1CCC(c2ccccc2)=N1. The molecule has 0 aliphatic carbocycles. The van der Waals surface area contributed by atoms with Crippen LogP contribution >= 0.6 is 0 Å². The number of amides is 1. The summed E-state index contributed by atoms with van der Waals surface area (Å²) in [6, 6.07) is 19.0. The lowest BCUT2D eigenvalue weighted by molar-refractivity contribution is -0.151. The minimum Gasteiger partial charge on any atom is -0.455 e. The molecule has 0 unspecified atom stereocenters. The van der Waals surface area contributed by atoms with Crippen LogP contribution in [0.25, 0.3) is 0 Å². The summed E-state index contributed by atoms with van der Waals surface area (Å²) in [6.07, 6.45) is 0.861. The van der Waals surface area contributed by atoms with E-state index in [0.29, 0.717) is 13.0 Å². The van der Waals surface area contributed by atoms with E-state index in [2.05, 4.69) is 5.10 Å². The zero-order chi connectivity index (χ0) is 16.8. The molecule has 2 aromatic carbocycles. The summed E-state index contributed by atoms with van der Waals surface area (Å²) in [6.45, 7) is 0.233. The van der Waals surface area contributed by atoms with Crippen LogP contribution in [0.4, 0.5) is 0 Å². The Kier molecular flexibility index (Phi) is 5.01. The van der Waals surface area contributed by atoms with Crippen LogP contribution in [0.15, 0.2) is 65.8 Å². The van der Waals surface area contributed by atoms with Crippen LogP contribution in [0.2, 0.25) is 0 Å². The Bertz CT molecular complexity index is 742. The number of carbonyl (C=O) groups excluding carboxylic acids is 2. The summed E-state index contributed by atoms with van der Waals surface area (Å²) in [5, 5.41) is 5.70. The van der Waals surface area contributed by atoms with Gasteiger partial charge in [0.1, 0.15) is 0 Å². The second-order valence-corrected chi connectivity index (χ2v) is 5.50. The highest BCUT2D eigenvalue weighted by Crippen LogP contribution is 2.13. The Morgan fingerprint density at radius 3 is 2.38 bits per heavy atom. The minimum absolute atomic E-state index is 0.159. The van der Waals surface area contributed by atoms with Crippen molar-refractivity contribution in [1.82, 2.24) is 5.01 Å². The Balaban J connectivity index is 1.51. The molecule has 0 bridgehead atoms. The first kappa shape index (κ1) is 15.9. The molecule has 0 saturated heterocycles. The number of ether oxygens (including phenoxy) is 1. The van der Waals surface area contributed by atoms with Gasteiger partial charge in [-0.15, -0.1) is 0 Å². The van der Waals surface area contributed by atoms with E-state index >= 15 is 0 Å². The summed E-state index contributed by atoms with van der Waals surface area (Å²) in [5.74, 6) is -0.719. The first-order valence-corrected chi connectivity index (χ1v) is 7.85. The molecule has 24 heavy (non-hydrogen) atoms. The van der Waals surface area contributed by atoms with Crippen molar-refractivity contribution in [2.45, 2.75) is 12.8 Å². The van der Waals surface area contributed by atoms with Crippen molar-refractivity contribution in [3.8, 4) is 0 Å². The number of carbonyl (C=O) groups is 2. The molecule has 0 fully saturated rings. The quantitative estimate of drug-likeness (QED) is 0.794. The number of esters is 1. The van der Waals surface area contributed by atoms with Crippen molar-refractivity contribution in [3.05, 3.63) is 71.8 Å². The fourth-order valence-corrected chi connectivity index (χ4v) is 2.50. The van der Waals surface area contributed by atoms with E-state index in [0.717, 1.165) is 16.8 Å². The van der Waals surface area contributed by atoms with Gasteiger partial charge in [0, 0.05) is 6.42 Å². The van der Waals surface area contributed by atoms with Crippen LogP contribution in [-0.2, 0) is 20.7 Å². The molecular weight excluding hydrogens is 304 g/mol. The first-order valence-electron chi connectivity index (χ1n) is 7.85. The van der Waals surface area contributed by atoms with Gasteiger partial charge in [0.15, 0.2) is 6.61 Å². The van der Waals surface area contributed by atoms with Gasteiger partial charge in [0.25, 0.3) is 5.91 Å². The van der Waals surface area contributed by atoms with E-state index in [4.69, 9.17) is 4.74 Å². The molecule has 1 heterocycles. The highest BCUT2D eigenvalue weighted by atomic mass is 16.5. The van der Waals surface area contributed by atoms with E-state index < -0.39 is 5.97 Å². The van der Waals surface area contributed by atoms with Crippen molar-refractivity contribution >= 4 is 17.6 Å². The molecule has 0 saturated carbocycles. The normalized spacial score (nSPS) is 13.5. The number of nitrogens with zero attached hydrogens (tertiary/aromatic N) is 2. The smallest absolute Gasteiger partial charge is 0.310 e. The van der Waals surface area contributed by atoms with Crippen LogP contribution < -0.4 is 0 Å². The minimum atomic E-state index is -0.416.